The van der Waals surface area contributed by atoms with Gasteiger partial charge in [-0.05, 0) is 18.8 Å². The van der Waals surface area contributed by atoms with Crippen molar-refractivity contribution < 1.29 is 4.52 Å². The molecule has 2 aromatic rings. The summed E-state index contributed by atoms with van der Waals surface area (Å²) in [7, 11) is 1.76. The van der Waals surface area contributed by atoms with E-state index in [0.717, 1.165) is 55.0 Å². The Morgan fingerprint density at radius 1 is 1.27 bits per heavy atom. The van der Waals surface area contributed by atoms with Gasteiger partial charge in [0.1, 0.15) is 11.6 Å². The maximum absolute atomic E-state index is 5.34. The third-order valence-corrected chi connectivity index (χ3v) is 4.65. The molecule has 0 amide bonds. The predicted octanol–water partition coefficient (Wildman–Crippen LogP) is 2.02. The molecule has 8 heteroatoms. The average molecular weight is 359 g/mol. The van der Waals surface area contributed by atoms with E-state index >= 15 is 0 Å². The van der Waals surface area contributed by atoms with E-state index in [9.17, 15) is 0 Å². The van der Waals surface area contributed by atoms with Crippen molar-refractivity contribution in [2.75, 3.05) is 13.6 Å². The van der Waals surface area contributed by atoms with Gasteiger partial charge < -0.3 is 19.7 Å². The quantitative estimate of drug-likeness (QED) is 0.605. The normalized spacial score (nSPS) is 15.0. The van der Waals surface area contributed by atoms with Gasteiger partial charge in [-0.25, -0.2) is 0 Å². The fourth-order valence-electron chi connectivity index (χ4n) is 3.10. The van der Waals surface area contributed by atoms with E-state index in [1.807, 2.05) is 6.07 Å². The van der Waals surface area contributed by atoms with Crippen LogP contribution in [-0.4, -0.2) is 39.5 Å². The molecule has 0 bridgehead atoms. The highest BCUT2D eigenvalue weighted by Crippen LogP contribution is 2.15. The second-order valence-corrected chi connectivity index (χ2v) is 6.97. The van der Waals surface area contributed by atoms with Gasteiger partial charge in [-0.3, -0.25) is 4.99 Å². The number of nitrogens with zero attached hydrogens (tertiary/aromatic N) is 5. The van der Waals surface area contributed by atoms with Gasteiger partial charge in [0.05, 0.1) is 12.2 Å². The molecule has 0 spiro atoms. The van der Waals surface area contributed by atoms with Crippen LogP contribution in [0, 0.1) is 0 Å². The van der Waals surface area contributed by atoms with Crippen LogP contribution in [0.25, 0.3) is 0 Å². The SMILES string of the molecule is CN=C(NCCc1nnc2n1CCCCC2)NCc1cc(C(C)C)no1. The molecule has 142 valence electrons. The molecule has 1 aliphatic heterocycles. The lowest BCUT2D eigenvalue weighted by molar-refractivity contribution is 0.372. The van der Waals surface area contributed by atoms with Crippen LogP contribution in [-0.2, 0) is 25.9 Å². The molecule has 1 aliphatic rings. The number of nitrogens with one attached hydrogen (secondary N) is 2. The van der Waals surface area contributed by atoms with Gasteiger partial charge in [-0.15, -0.1) is 10.2 Å². The molecule has 0 radical (unpaired) electrons. The van der Waals surface area contributed by atoms with E-state index in [-0.39, 0.29) is 0 Å². The summed E-state index contributed by atoms with van der Waals surface area (Å²) < 4.78 is 7.63. The summed E-state index contributed by atoms with van der Waals surface area (Å²) >= 11 is 0. The molecular weight excluding hydrogens is 330 g/mol. The van der Waals surface area contributed by atoms with Gasteiger partial charge in [0.25, 0.3) is 0 Å². The van der Waals surface area contributed by atoms with Gasteiger partial charge in [0, 0.05) is 39.0 Å². The van der Waals surface area contributed by atoms with Gasteiger partial charge in [0.2, 0.25) is 0 Å². The predicted molar refractivity (Wildman–Crippen MR) is 100 cm³/mol. The third kappa shape index (κ3) is 4.62. The molecule has 2 N–H and O–H groups in total. The Hall–Kier alpha value is -2.38. The summed E-state index contributed by atoms with van der Waals surface area (Å²) in [5, 5.41) is 19.4. The van der Waals surface area contributed by atoms with Crippen LogP contribution in [0.5, 0.6) is 0 Å². The minimum absolute atomic E-state index is 0.364. The minimum atomic E-state index is 0.364. The van der Waals surface area contributed by atoms with Gasteiger partial charge in [-0.1, -0.05) is 25.4 Å². The highest BCUT2D eigenvalue weighted by Gasteiger charge is 2.14. The van der Waals surface area contributed by atoms with E-state index in [0.29, 0.717) is 12.5 Å². The summed E-state index contributed by atoms with van der Waals surface area (Å²) in [6.45, 7) is 6.54. The number of aromatic nitrogens is 4. The van der Waals surface area contributed by atoms with Crippen molar-refractivity contribution in [3.63, 3.8) is 0 Å². The summed E-state index contributed by atoms with van der Waals surface area (Å²) in [6, 6.07) is 1.98. The highest BCUT2D eigenvalue weighted by molar-refractivity contribution is 5.79. The first-order valence-corrected chi connectivity index (χ1v) is 9.48. The average Bonchev–Trinajstić information content (AvgIpc) is 3.19. The van der Waals surface area contributed by atoms with Crippen LogP contribution in [0.1, 0.15) is 62.1 Å². The van der Waals surface area contributed by atoms with Crippen LogP contribution in [0.4, 0.5) is 0 Å². The maximum Gasteiger partial charge on any atom is 0.191 e. The first-order valence-electron chi connectivity index (χ1n) is 9.48. The van der Waals surface area contributed by atoms with E-state index in [1.54, 1.807) is 7.05 Å². The summed E-state index contributed by atoms with van der Waals surface area (Å²) in [5.41, 5.74) is 0.970. The van der Waals surface area contributed by atoms with Crippen molar-refractivity contribution >= 4 is 5.96 Å². The minimum Gasteiger partial charge on any atom is -0.359 e. The molecule has 0 unspecified atom stereocenters. The van der Waals surface area contributed by atoms with Crippen LogP contribution in [0.2, 0.25) is 0 Å². The maximum atomic E-state index is 5.34. The molecule has 0 atom stereocenters. The second-order valence-electron chi connectivity index (χ2n) is 6.97. The molecule has 3 rings (SSSR count). The largest absolute Gasteiger partial charge is 0.359 e. The number of hydrogen-bond acceptors (Lipinski definition) is 5. The highest BCUT2D eigenvalue weighted by atomic mass is 16.5. The van der Waals surface area contributed by atoms with Crippen molar-refractivity contribution in [2.45, 2.75) is 65.0 Å². The zero-order valence-corrected chi connectivity index (χ0v) is 16.0. The molecule has 0 saturated heterocycles. The monoisotopic (exact) mass is 359 g/mol. The number of aryl methyl sites for hydroxylation is 1. The third-order valence-electron chi connectivity index (χ3n) is 4.65. The Morgan fingerprint density at radius 2 is 2.15 bits per heavy atom. The Labute approximate surface area is 154 Å². The second kappa shape index (κ2) is 8.82. The molecule has 0 saturated carbocycles. The number of hydrogen-bond donors (Lipinski definition) is 2. The Bertz CT molecular complexity index is 732. The van der Waals surface area contributed by atoms with Gasteiger partial charge in [-0.2, -0.15) is 0 Å². The smallest absolute Gasteiger partial charge is 0.191 e. The molecule has 26 heavy (non-hydrogen) atoms. The topological polar surface area (TPSA) is 93.2 Å². The lowest BCUT2D eigenvalue weighted by atomic mass is 10.1. The number of guanidine groups is 1. The molecule has 0 aliphatic carbocycles. The summed E-state index contributed by atoms with van der Waals surface area (Å²) in [4.78, 5) is 4.26. The number of fused-ring (bicyclic) bond motifs is 1. The molecule has 2 aromatic heterocycles. The fourth-order valence-corrected chi connectivity index (χ4v) is 3.10. The van der Waals surface area contributed by atoms with E-state index in [1.165, 1.54) is 19.3 Å². The zero-order valence-electron chi connectivity index (χ0n) is 16.0. The lowest BCUT2D eigenvalue weighted by Gasteiger charge is -2.11. The molecule has 8 nitrogen and oxygen atoms in total. The summed E-state index contributed by atoms with van der Waals surface area (Å²) in [5.74, 6) is 4.10. The number of rotatable bonds is 6. The van der Waals surface area contributed by atoms with Crippen LogP contribution in [0.15, 0.2) is 15.6 Å². The van der Waals surface area contributed by atoms with E-state index < -0.39 is 0 Å². The van der Waals surface area contributed by atoms with E-state index in [4.69, 9.17) is 4.52 Å². The van der Waals surface area contributed by atoms with Crippen LogP contribution < -0.4 is 10.6 Å². The van der Waals surface area contributed by atoms with Crippen molar-refractivity contribution in [2.24, 2.45) is 4.99 Å². The first-order chi connectivity index (χ1) is 12.7. The standard InChI is InChI=1S/C18H29N7O/c1-13(2)15-11-14(26-24-15)12-21-18(19-3)20-9-8-17-23-22-16-7-5-4-6-10-25(16)17/h11,13H,4-10,12H2,1-3H3,(H2,19,20,21). The van der Waals surface area contributed by atoms with Crippen molar-refractivity contribution in [1.29, 1.82) is 0 Å². The molecule has 3 heterocycles. The Balaban J connectivity index is 1.46. The van der Waals surface area contributed by atoms with Crippen molar-refractivity contribution in [1.82, 2.24) is 30.6 Å². The Morgan fingerprint density at radius 3 is 2.92 bits per heavy atom. The van der Waals surface area contributed by atoms with E-state index in [2.05, 4.69) is 49.4 Å². The lowest BCUT2D eigenvalue weighted by Crippen LogP contribution is -2.38. The molecule has 0 fully saturated rings. The van der Waals surface area contributed by atoms with Crippen molar-refractivity contribution in [3.8, 4) is 0 Å². The molecular formula is C18H29N7O. The van der Waals surface area contributed by atoms with Crippen LogP contribution in [0.3, 0.4) is 0 Å². The van der Waals surface area contributed by atoms with Gasteiger partial charge in [0.15, 0.2) is 11.7 Å². The Kier molecular flexibility index (Phi) is 6.25. The zero-order chi connectivity index (χ0) is 18.4. The van der Waals surface area contributed by atoms with Crippen molar-refractivity contribution in [3.05, 3.63) is 29.2 Å². The summed E-state index contributed by atoms with van der Waals surface area (Å²) in [6.07, 6.45) is 5.57. The van der Waals surface area contributed by atoms with Crippen LogP contribution >= 0.6 is 0 Å². The molecule has 0 aromatic carbocycles. The fraction of sp³-hybridized carbons (Fsp3) is 0.667. The van der Waals surface area contributed by atoms with Gasteiger partial charge >= 0.3 is 0 Å². The number of aliphatic imine (C=N–C) groups is 1. The first kappa shape index (κ1) is 18.4.